The summed E-state index contributed by atoms with van der Waals surface area (Å²) in [5.41, 5.74) is 11.9. The van der Waals surface area contributed by atoms with E-state index in [1.165, 1.54) is 22.3 Å². The molecule has 2 aromatic heterocycles. The minimum atomic E-state index is -0.255. The van der Waals surface area contributed by atoms with E-state index in [0.717, 1.165) is 38.6 Å². The van der Waals surface area contributed by atoms with E-state index in [2.05, 4.69) is 91.2 Å². The Labute approximate surface area is 290 Å². The second-order valence-corrected chi connectivity index (χ2v) is 13.2. The monoisotopic (exact) mass is 639 g/mol. The average molecular weight is 640 g/mol. The predicted molar refractivity (Wildman–Crippen MR) is 200 cm³/mol. The Kier molecular flexibility index (Phi) is 6.53. The van der Waals surface area contributed by atoms with Crippen molar-refractivity contribution in [2.45, 2.75) is 19.3 Å². The summed E-state index contributed by atoms with van der Waals surface area (Å²) in [6.45, 7) is 4.58. The first-order chi connectivity index (χ1) is 24.5. The van der Waals surface area contributed by atoms with Crippen LogP contribution < -0.4 is 0 Å². The number of aromatic nitrogens is 3. The standard InChI is InChI=1S/C45H29N5/c1-45(2)37-19-11-9-17-32(37)34-22-23-35-33-18-10-12-20-39(33)50(43(35)40(34)45)38-24-21-30(25-31(38)26-46)42-36(27-47)41(28-13-5-3-6-14-28)48-44(49-42)29-15-7-4-8-16-29/h3-25H,1-2H3. The third-order valence-electron chi connectivity index (χ3n) is 10.1. The molecular weight excluding hydrogens is 611 g/mol. The fraction of sp³-hybridized carbons (Fsp3) is 0.0667. The van der Waals surface area contributed by atoms with Crippen molar-refractivity contribution >= 4 is 21.8 Å². The van der Waals surface area contributed by atoms with Gasteiger partial charge in [0.05, 0.1) is 33.7 Å². The van der Waals surface area contributed by atoms with E-state index < -0.39 is 0 Å². The number of fused-ring (bicyclic) bond motifs is 7. The van der Waals surface area contributed by atoms with Crippen LogP contribution in [0.1, 0.15) is 36.1 Å². The van der Waals surface area contributed by atoms with E-state index in [9.17, 15) is 10.5 Å². The van der Waals surface area contributed by atoms with Gasteiger partial charge in [0, 0.05) is 32.9 Å². The Morgan fingerprint density at radius 2 is 1.24 bits per heavy atom. The summed E-state index contributed by atoms with van der Waals surface area (Å²) in [4.78, 5) is 9.88. The first-order valence-corrected chi connectivity index (χ1v) is 16.6. The van der Waals surface area contributed by atoms with Crippen LogP contribution in [0.25, 0.3) is 72.5 Å². The van der Waals surface area contributed by atoms with Gasteiger partial charge in [-0.1, -0.05) is 135 Å². The third kappa shape index (κ3) is 4.24. The Morgan fingerprint density at radius 3 is 1.98 bits per heavy atom. The van der Waals surface area contributed by atoms with Gasteiger partial charge in [0.15, 0.2) is 5.82 Å². The van der Waals surface area contributed by atoms with Crippen molar-refractivity contribution in [3.63, 3.8) is 0 Å². The van der Waals surface area contributed by atoms with Crippen LogP contribution in [-0.4, -0.2) is 14.5 Å². The molecule has 50 heavy (non-hydrogen) atoms. The quantitative estimate of drug-likeness (QED) is 0.192. The molecule has 5 heteroatoms. The predicted octanol–water partition coefficient (Wildman–Crippen LogP) is 10.6. The topological polar surface area (TPSA) is 78.3 Å². The number of nitrogens with zero attached hydrogens (tertiary/aromatic N) is 5. The Bertz CT molecular complexity index is 2740. The van der Waals surface area contributed by atoms with E-state index in [1.54, 1.807) is 0 Å². The number of para-hydroxylation sites is 1. The van der Waals surface area contributed by atoms with E-state index in [4.69, 9.17) is 9.97 Å². The highest BCUT2D eigenvalue weighted by atomic mass is 15.0. The van der Waals surface area contributed by atoms with Gasteiger partial charge in [-0.05, 0) is 40.5 Å². The SMILES string of the molecule is CC1(C)c2ccccc2-c2ccc3c4ccccc4n(-c4ccc(-c5nc(-c6ccccc6)nc(-c6ccccc6)c5C#N)cc4C#N)c3c21. The number of hydrogen-bond acceptors (Lipinski definition) is 4. The molecule has 6 aromatic carbocycles. The van der Waals surface area contributed by atoms with Crippen LogP contribution in [0.15, 0.2) is 140 Å². The highest BCUT2D eigenvalue weighted by Gasteiger charge is 2.38. The number of hydrogen-bond donors (Lipinski definition) is 0. The molecule has 0 radical (unpaired) electrons. The van der Waals surface area contributed by atoms with Crippen molar-refractivity contribution in [3.8, 4) is 62.9 Å². The van der Waals surface area contributed by atoms with Gasteiger partial charge in [0.2, 0.25) is 0 Å². The molecule has 1 aliphatic carbocycles. The van der Waals surface area contributed by atoms with Crippen molar-refractivity contribution < 1.29 is 0 Å². The molecule has 0 amide bonds. The first kappa shape index (κ1) is 29.3. The van der Waals surface area contributed by atoms with Gasteiger partial charge in [0.1, 0.15) is 17.7 Å². The van der Waals surface area contributed by atoms with E-state index in [0.29, 0.717) is 33.9 Å². The maximum atomic E-state index is 10.8. The van der Waals surface area contributed by atoms with Crippen LogP contribution >= 0.6 is 0 Å². The van der Waals surface area contributed by atoms with E-state index in [-0.39, 0.29) is 5.41 Å². The molecular formula is C45H29N5. The molecule has 0 aliphatic heterocycles. The molecule has 0 saturated carbocycles. The fourth-order valence-corrected chi connectivity index (χ4v) is 7.83. The highest BCUT2D eigenvalue weighted by Crippen LogP contribution is 2.53. The Balaban J connectivity index is 1.31. The molecule has 8 aromatic rings. The summed E-state index contributed by atoms with van der Waals surface area (Å²) in [5.74, 6) is 0.515. The molecule has 0 fully saturated rings. The summed E-state index contributed by atoms with van der Waals surface area (Å²) in [6.07, 6.45) is 0. The Morgan fingerprint density at radius 1 is 0.580 bits per heavy atom. The minimum absolute atomic E-state index is 0.255. The van der Waals surface area contributed by atoms with Gasteiger partial charge < -0.3 is 4.57 Å². The third-order valence-corrected chi connectivity index (χ3v) is 10.1. The van der Waals surface area contributed by atoms with Gasteiger partial charge in [-0.15, -0.1) is 0 Å². The molecule has 0 spiro atoms. The lowest BCUT2D eigenvalue weighted by atomic mass is 9.81. The molecule has 0 unspecified atom stereocenters. The van der Waals surface area contributed by atoms with Crippen LogP contribution in [0.5, 0.6) is 0 Å². The first-order valence-electron chi connectivity index (χ1n) is 16.6. The normalized spacial score (nSPS) is 12.7. The lowest BCUT2D eigenvalue weighted by Gasteiger charge is -2.24. The maximum Gasteiger partial charge on any atom is 0.160 e. The number of rotatable bonds is 4. The lowest BCUT2D eigenvalue weighted by molar-refractivity contribution is 0.664. The second kappa shape index (κ2) is 11.1. The molecule has 0 atom stereocenters. The van der Waals surface area contributed by atoms with Gasteiger partial charge in [-0.3, -0.25) is 0 Å². The van der Waals surface area contributed by atoms with Crippen molar-refractivity contribution in [1.29, 1.82) is 10.5 Å². The molecule has 2 heterocycles. The van der Waals surface area contributed by atoms with Crippen molar-refractivity contribution in [2.75, 3.05) is 0 Å². The molecule has 0 saturated heterocycles. The van der Waals surface area contributed by atoms with Crippen molar-refractivity contribution in [2.24, 2.45) is 0 Å². The summed E-state index contributed by atoms with van der Waals surface area (Å²) in [7, 11) is 0. The summed E-state index contributed by atoms with van der Waals surface area (Å²) >= 11 is 0. The van der Waals surface area contributed by atoms with Crippen LogP contribution in [0.3, 0.4) is 0 Å². The van der Waals surface area contributed by atoms with Gasteiger partial charge >= 0.3 is 0 Å². The molecule has 234 valence electrons. The van der Waals surface area contributed by atoms with E-state index >= 15 is 0 Å². The zero-order chi connectivity index (χ0) is 34.0. The minimum Gasteiger partial charge on any atom is -0.308 e. The largest absolute Gasteiger partial charge is 0.308 e. The molecule has 0 N–H and O–H groups in total. The van der Waals surface area contributed by atoms with Crippen LogP contribution in [0, 0.1) is 22.7 Å². The average Bonchev–Trinajstić information content (AvgIpc) is 3.63. The van der Waals surface area contributed by atoms with E-state index in [1.807, 2.05) is 78.9 Å². The van der Waals surface area contributed by atoms with Crippen molar-refractivity contribution in [3.05, 3.63) is 162 Å². The zero-order valence-electron chi connectivity index (χ0n) is 27.5. The lowest BCUT2D eigenvalue weighted by Crippen LogP contribution is -2.16. The van der Waals surface area contributed by atoms with Gasteiger partial charge in [-0.2, -0.15) is 10.5 Å². The van der Waals surface area contributed by atoms with Crippen LogP contribution in [0.2, 0.25) is 0 Å². The summed E-state index contributed by atoms with van der Waals surface area (Å²) in [6, 6.07) is 51.8. The summed E-state index contributed by atoms with van der Waals surface area (Å²) < 4.78 is 2.26. The second-order valence-electron chi connectivity index (χ2n) is 13.2. The molecule has 9 rings (SSSR count). The summed E-state index contributed by atoms with van der Waals surface area (Å²) in [5, 5.41) is 23.6. The van der Waals surface area contributed by atoms with Crippen LogP contribution in [0.4, 0.5) is 0 Å². The zero-order valence-corrected chi connectivity index (χ0v) is 27.5. The maximum absolute atomic E-state index is 10.8. The molecule has 5 nitrogen and oxygen atoms in total. The molecule has 0 bridgehead atoms. The number of benzene rings is 6. The molecule has 1 aliphatic rings. The van der Waals surface area contributed by atoms with Gasteiger partial charge in [-0.25, -0.2) is 9.97 Å². The Hall–Kier alpha value is -6.82. The van der Waals surface area contributed by atoms with Crippen LogP contribution in [-0.2, 0) is 5.41 Å². The van der Waals surface area contributed by atoms with Crippen molar-refractivity contribution in [1.82, 2.24) is 14.5 Å². The smallest absolute Gasteiger partial charge is 0.160 e. The highest BCUT2D eigenvalue weighted by molar-refractivity contribution is 6.13. The van der Waals surface area contributed by atoms with Gasteiger partial charge in [0.25, 0.3) is 0 Å². The fourth-order valence-electron chi connectivity index (χ4n) is 7.83. The number of nitriles is 2.